The fraction of sp³-hybridized carbons (Fsp3) is 0.316. The van der Waals surface area contributed by atoms with Crippen molar-refractivity contribution in [3.05, 3.63) is 68.7 Å². The van der Waals surface area contributed by atoms with E-state index >= 15 is 0 Å². The molecule has 0 saturated carbocycles. The Bertz CT molecular complexity index is 932. The van der Waals surface area contributed by atoms with Crippen LogP contribution in [0.15, 0.2) is 41.1 Å². The lowest BCUT2D eigenvalue weighted by Gasteiger charge is -2.08. The number of nitrogens with zero attached hydrogens (tertiary/aromatic N) is 4. The minimum Gasteiger partial charge on any atom is -0.352 e. The SMILES string of the molecule is Cc1nn(Cc2ccc(C(=O)NCCCn3cc(Br)cn3)cc2)c(C)c1Cl. The highest BCUT2D eigenvalue weighted by atomic mass is 79.9. The van der Waals surface area contributed by atoms with E-state index < -0.39 is 0 Å². The number of carbonyl (C=O) groups excluding carboxylic acids is 1. The van der Waals surface area contributed by atoms with Crippen molar-refractivity contribution in [1.82, 2.24) is 24.9 Å². The summed E-state index contributed by atoms with van der Waals surface area (Å²) in [5.41, 5.74) is 3.48. The summed E-state index contributed by atoms with van der Waals surface area (Å²) in [6.45, 7) is 5.83. The monoisotopic (exact) mass is 449 g/mol. The van der Waals surface area contributed by atoms with E-state index in [1.54, 1.807) is 6.20 Å². The van der Waals surface area contributed by atoms with Crippen LogP contribution in [0.5, 0.6) is 0 Å². The van der Waals surface area contributed by atoms with Crippen LogP contribution in [0.2, 0.25) is 5.02 Å². The molecule has 142 valence electrons. The summed E-state index contributed by atoms with van der Waals surface area (Å²) in [6, 6.07) is 7.56. The molecule has 2 heterocycles. The van der Waals surface area contributed by atoms with E-state index in [1.165, 1.54) is 0 Å². The van der Waals surface area contributed by atoms with Gasteiger partial charge in [0.1, 0.15) is 0 Å². The van der Waals surface area contributed by atoms with Crippen LogP contribution in [-0.2, 0) is 13.1 Å². The van der Waals surface area contributed by atoms with Crippen molar-refractivity contribution in [3.63, 3.8) is 0 Å². The zero-order chi connectivity index (χ0) is 19.4. The van der Waals surface area contributed by atoms with E-state index in [1.807, 2.05) is 53.7 Å². The zero-order valence-electron chi connectivity index (χ0n) is 15.2. The molecule has 1 aromatic carbocycles. The molecule has 2 aromatic heterocycles. The Balaban J connectivity index is 1.50. The first-order valence-corrected chi connectivity index (χ1v) is 9.85. The number of carbonyl (C=O) groups is 1. The predicted octanol–water partition coefficient (Wildman–Crippen LogP) is 3.98. The van der Waals surface area contributed by atoms with Crippen molar-refractivity contribution in [1.29, 1.82) is 0 Å². The number of nitrogens with one attached hydrogen (secondary N) is 1. The summed E-state index contributed by atoms with van der Waals surface area (Å²) in [6.07, 6.45) is 4.48. The van der Waals surface area contributed by atoms with Gasteiger partial charge in [-0.3, -0.25) is 14.2 Å². The van der Waals surface area contributed by atoms with E-state index in [2.05, 4.69) is 31.4 Å². The summed E-state index contributed by atoms with van der Waals surface area (Å²) in [5.74, 6) is -0.0719. The number of aryl methyl sites for hydroxylation is 2. The van der Waals surface area contributed by atoms with Crippen LogP contribution in [0.3, 0.4) is 0 Å². The van der Waals surface area contributed by atoms with Crippen molar-refractivity contribution in [2.45, 2.75) is 33.4 Å². The van der Waals surface area contributed by atoms with Crippen molar-refractivity contribution in [2.24, 2.45) is 0 Å². The Labute approximate surface area is 171 Å². The molecule has 0 unspecified atom stereocenters. The van der Waals surface area contributed by atoms with Gasteiger partial charge in [-0.1, -0.05) is 23.7 Å². The molecule has 3 rings (SSSR count). The average molecular weight is 451 g/mol. The third kappa shape index (κ3) is 4.99. The second-order valence-electron chi connectivity index (χ2n) is 6.37. The minimum absolute atomic E-state index is 0.0719. The number of hydrogen-bond acceptors (Lipinski definition) is 3. The molecule has 3 aromatic rings. The van der Waals surface area contributed by atoms with Crippen LogP contribution in [0, 0.1) is 13.8 Å². The van der Waals surface area contributed by atoms with Gasteiger partial charge >= 0.3 is 0 Å². The molecule has 0 radical (unpaired) electrons. The molecular formula is C19H21BrClN5O. The van der Waals surface area contributed by atoms with Crippen LogP contribution in [-0.4, -0.2) is 32.0 Å². The van der Waals surface area contributed by atoms with E-state index in [4.69, 9.17) is 11.6 Å². The lowest BCUT2D eigenvalue weighted by atomic mass is 10.1. The van der Waals surface area contributed by atoms with Crippen LogP contribution >= 0.6 is 27.5 Å². The van der Waals surface area contributed by atoms with Gasteiger partial charge in [-0.05, 0) is 53.9 Å². The Morgan fingerprint density at radius 2 is 2.00 bits per heavy atom. The van der Waals surface area contributed by atoms with Crippen LogP contribution < -0.4 is 5.32 Å². The summed E-state index contributed by atoms with van der Waals surface area (Å²) < 4.78 is 4.67. The molecule has 6 nitrogen and oxygen atoms in total. The highest BCUT2D eigenvalue weighted by Gasteiger charge is 2.10. The fourth-order valence-corrected chi connectivity index (χ4v) is 3.23. The topological polar surface area (TPSA) is 64.7 Å². The molecule has 0 bridgehead atoms. The summed E-state index contributed by atoms with van der Waals surface area (Å²) in [7, 11) is 0. The van der Waals surface area contributed by atoms with Gasteiger partial charge < -0.3 is 5.32 Å². The maximum atomic E-state index is 12.3. The maximum Gasteiger partial charge on any atom is 0.251 e. The first-order chi connectivity index (χ1) is 12.9. The number of benzene rings is 1. The molecule has 0 atom stereocenters. The molecule has 0 spiro atoms. The van der Waals surface area contributed by atoms with E-state index in [0.717, 1.165) is 34.4 Å². The van der Waals surface area contributed by atoms with Crippen LogP contribution in [0.4, 0.5) is 0 Å². The van der Waals surface area contributed by atoms with Gasteiger partial charge in [0.05, 0.1) is 33.6 Å². The average Bonchev–Trinajstić information content (AvgIpc) is 3.18. The molecule has 1 amide bonds. The van der Waals surface area contributed by atoms with E-state index in [-0.39, 0.29) is 5.91 Å². The second kappa shape index (κ2) is 8.71. The molecule has 0 aliphatic heterocycles. The van der Waals surface area contributed by atoms with Crippen molar-refractivity contribution in [3.8, 4) is 0 Å². The number of hydrogen-bond donors (Lipinski definition) is 1. The fourth-order valence-electron chi connectivity index (χ4n) is 2.77. The number of aromatic nitrogens is 4. The number of amides is 1. The minimum atomic E-state index is -0.0719. The third-order valence-electron chi connectivity index (χ3n) is 4.29. The first kappa shape index (κ1) is 19.6. The normalized spacial score (nSPS) is 11.0. The standard InChI is InChI=1S/C19H21BrClN5O/c1-13-18(21)14(2)26(24-13)11-15-4-6-16(7-5-15)19(27)22-8-3-9-25-12-17(20)10-23-25/h4-7,10,12H,3,8-9,11H2,1-2H3,(H,22,27). The molecule has 0 aliphatic carbocycles. The molecule has 1 N–H and O–H groups in total. The third-order valence-corrected chi connectivity index (χ3v) is 5.25. The van der Waals surface area contributed by atoms with Gasteiger partial charge in [-0.25, -0.2) is 0 Å². The van der Waals surface area contributed by atoms with Gasteiger partial charge in [0.25, 0.3) is 5.91 Å². The van der Waals surface area contributed by atoms with Crippen molar-refractivity contribution in [2.75, 3.05) is 6.54 Å². The predicted molar refractivity (Wildman–Crippen MR) is 109 cm³/mol. The van der Waals surface area contributed by atoms with Gasteiger partial charge in [-0.2, -0.15) is 10.2 Å². The quantitative estimate of drug-likeness (QED) is 0.554. The van der Waals surface area contributed by atoms with Gasteiger partial charge in [0.2, 0.25) is 0 Å². The Kier molecular flexibility index (Phi) is 6.34. The molecule has 8 heteroatoms. The van der Waals surface area contributed by atoms with Gasteiger partial charge in [0.15, 0.2) is 0 Å². The van der Waals surface area contributed by atoms with Crippen LogP contribution in [0.25, 0.3) is 0 Å². The maximum absolute atomic E-state index is 12.3. The summed E-state index contributed by atoms with van der Waals surface area (Å²) in [5, 5.41) is 12.3. The molecular weight excluding hydrogens is 430 g/mol. The lowest BCUT2D eigenvalue weighted by Crippen LogP contribution is -2.25. The summed E-state index contributed by atoms with van der Waals surface area (Å²) in [4.78, 5) is 12.3. The molecule has 0 aliphatic rings. The largest absolute Gasteiger partial charge is 0.352 e. The highest BCUT2D eigenvalue weighted by molar-refractivity contribution is 9.10. The van der Waals surface area contributed by atoms with E-state index in [9.17, 15) is 4.79 Å². The summed E-state index contributed by atoms with van der Waals surface area (Å²) >= 11 is 9.55. The Morgan fingerprint density at radius 3 is 2.59 bits per heavy atom. The van der Waals surface area contributed by atoms with Crippen molar-refractivity contribution < 1.29 is 4.79 Å². The molecule has 0 fully saturated rings. The van der Waals surface area contributed by atoms with Crippen molar-refractivity contribution >= 4 is 33.4 Å². The lowest BCUT2D eigenvalue weighted by molar-refractivity contribution is 0.0952. The second-order valence-corrected chi connectivity index (χ2v) is 7.66. The number of halogens is 2. The van der Waals surface area contributed by atoms with E-state index in [0.29, 0.717) is 23.7 Å². The highest BCUT2D eigenvalue weighted by Crippen LogP contribution is 2.20. The Morgan fingerprint density at radius 1 is 1.26 bits per heavy atom. The van der Waals surface area contributed by atoms with Crippen LogP contribution in [0.1, 0.15) is 33.7 Å². The molecule has 27 heavy (non-hydrogen) atoms. The number of rotatable bonds is 7. The smallest absolute Gasteiger partial charge is 0.251 e. The van der Waals surface area contributed by atoms with Gasteiger partial charge in [0, 0.05) is 24.8 Å². The Hall–Kier alpha value is -2.12. The van der Waals surface area contributed by atoms with Gasteiger partial charge in [-0.15, -0.1) is 0 Å². The first-order valence-electron chi connectivity index (χ1n) is 8.68. The molecule has 0 saturated heterocycles. The zero-order valence-corrected chi connectivity index (χ0v) is 17.6.